The number of piperidine rings is 1. The molecule has 0 bridgehead atoms. The Morgan fingerprint density at radius 1 is 1.18 bits per heavy atom. The van der Waals surface area contributed by atoms with E-state index >= 15 is 0 Å². The third-order valence-corrected chi connectivity index (χ3v) is 6.80. The fourth-order valence-corrected chi connectivity index (χ4v) is 4.49. The Morgan fingerprint density at radius 2 is 1.91 bits per heavy atom. The number of benzene rings is 1. The van der Waals surface area contributed by atoms with Gasteiger partial charge >= 0.3 is 0 Å². The van der Waals surface area contributed by atoms with Gasteiger partial charge in [0.2, 0.25) is 11.9 Å². The number of hydrogen-bond acceptors (Lipinski definition) is 5. The summed E-state index contributed by atoms with van der Waals surface area (Å²) in [7, 11) is 3.88. The largest absolute Gasteiger partial charge is 0.347 e. The second kappa shape index (κ2) is 9.51. The van der Waals surface area contributed by atoms with Gasteiger partial charge in [-0.2, -0.15) is 5.10 Å². The Morgan fingerprint density at radius 3 is 2.55 bits per heavy atom. The Hall–Kier alpha value is -2.93. The van der Waals surface area contributed by atoms with E-state index in [4.69, 9.17) is 16.6 Å². The Kier molecular flexibility index (Phi) is 6.70. The van der Waals surface area contributed by atoms with E-state index < -0.39 is 0 Å². The molecule has 1 atom stereocenters. The minimum atomic E-state index is 0.0974. The van der Waals surface area contributed by atoms with E-state index in [1.54, 1.807) is 0 Å². The fraction of sp³-hybridized carbons (Fsp3) is 0.440. The van der Waals surface area contributed by atoms with Crippen molar-refractivity contribution in [1.82, 2.24) is 24.6 Å². The first-order valence-electron chi connectivity index (χ1n) is 11.3. The summed E-state index contributed by atoms with van der Waals surface area (Å²) in [5, 5.41) is 5.24. The van der Waals surface area contributed by atoms with Gasteiger partial charge in [0.1, 0.15) is 6.54 Å². The summed E-state index contributed by atoms with van der Waals surface area (Å²) in [5.74, 6) is 0.904. The molecule has 174 valence electrons. The molecule has 0 saturated carbocycles. The maximum atomic E-state index is 13.2. The van der Waals surface area contributed by atoms with Crippen LogP contribution in [0.3, 0.4) is 0 Å². The third-order valence-electron chi connectivity index (χ3n) is 6.55. The molecule has 1 aliphatic rings. The molecule has 1 aliphatic heterocycles. The van der Waals surface area contributed by atoms with Gasteiger partial charge in [-0.15, -0.1) is 0 Å². The van der Waals surface area contributed by atoms with E-state index in [2.05, 4.69) is 10.1 Å². The number of amides is 1. The zero-order chi connectivity index (χ0) is 23.7. The number of halogens is 1. The third kappa shape index (κ3) is 4.88. The summed E-state index contributed by atoms with van der Waals surface area (Å²) < 4.78 is 1.82. The van der Waals surface area contributed by atoms with E-state index in [0.717, 1.165) is 53.2 Å². The zero-order valence-corrected chi connectivity index (χ0v) is 20.7. The molecule has 1 saturated heterocycles. The van der Waals surface area contributed by atoms with Crippen molar-refractivity contribution in [3.05, 3.63) is 58.1 Å². The molecule has 8 heteroatoms. The van der Waals surface area contributed by atoms with Crippen molar-refractivity contribution in [1.29, 1.82) is 0 Å². The smallest absolute Gasteiger partial charge is 0.244 e. The minimum absolute atomic E-state index is 0.0974. The van der Waals surface area contributed by atoms with Crippen LogP contribution in [0.15, 0.2) is 30.5 Å². The van der Waals surface area contributed by atoms with Crippen molar-refractivity contribution in [2.45, 2.75) is 46.1 Å². The monoisotopic (exact) mass is 466 g/mol. The van der Waals surface area contributed by atoms with Gasteiger partial charge in [-0.1, -0.05) is 23.7 Å². The summed E-state index contributed by atoms with van der Waals surface area (Å²) in [4.78, 5) is 26.5. The van der Waals surface area contributed by atoms with Crippen molar-refractivity contribution < 1.29 is 4.79 Å². The number of anilines is 1. The van der Waals surface area contributed by atoms with Gasteiger partial charge in [0, 0.05) is 55.6 Å². The normalized spacial score (nSPS) is 16.2. The fourth-order valence-electron chi connectivity index (χ4n) is 4.36. The van der Waals surface area contributed by atoms with Crippen LogP contribution in [0.1, 0.15) is 41.4 Å². The maximum absolute atomic E-state index is 13.2. The molecular formula is C25H31ClN6O. The van der Waals surface area contributed by atoms with Crippen LogP contribution in [-0.2, 0) is 11.3 Å². The van der Waals surface area contributed by atoms with Gasteiger partial charge in [0.05, 0.1) is 11.4 Å². The predicted octanol–water partition coefficient (Wildman–Crippen LogP) is 4.39. The van der Waals surface area contributed by atoms with Crippen molar-refractivity contribution in [2.75, 3.05) is 32.1 Å². The molecule has 0 radical (unpaired) electrons. The van der Waals surface area contributed by atoms with E-state index in [0.29, 0.717) is 17.5 Å². The van der Waals surface area contributed by atoms with Crippen LogP contribution >= 0.6 is 11.6 Å². The summed E-state index contributed by atoms with van der Waals surface area (Å²) in [6.07, 6.45) is 3.81. The molecule has 1 amide bonds. The number of aryl methyl sites for hydroxylation is 1. The van der Waals surface area contributed by atoms with Gasteiger partial charge < -0.3 is 9.80 Å². The number of hydrogen-bond donors (Lipinski definition) is 0. The first-order valence-corrected chi connectivity index (χ1v) is 11.7. The van der Waals surface area contributed by atoms with Gasteiger partial charge in [0.15, 0.2) is 0 Å². The molecule has 0 aliphatic carbocycles. The lowest BCUT2D eigenvalue weighted by Gasteiger charge is -2.33. The standard InChI is InChI=1S/C25H31ClN6O/c1-16-17(2)29-32(18(16)3)15-23(33)31-12-6-7-20(14-31)24-22(13-27-25(28-24)30(4)5)19-8-10-21(26)11-9-19/h8-11,13,20H,6-7,12,14-15H2,1-5H3. The van der Waals surface area contributed by atoms with Crippen molar-refractivity contribution in [3.8, 4) is 11.1 Å². The highest BCUT2D eigenvalue weighted by Crippen LogP contribution is 2.34. The topological polar surface area (TPSA) is 67.2 Å². The minimum Gasteiger partial charge on any atom is -0.347 e. The van der Waals surface area contributed by atoms with Crippen molar-refractivity contribution in [2.24, 2.45) is 0 Å². The lowest BCUT2D eigenvalue weighted by atomic mass is 9.90. The lowest BCUT2D eigenvalue weighted by Crippen LogP contribution is -2.41. The second-order valence-electron chi connectivity index (χ2n) is 9.00. The Labute approximate surface area is 200 Å². The lowest BCUT2D eigenvalue weighted by molar-refractivity contribution is -0.133. The van der Waals surface area contributed by atoms with Gasteiger partial charge in [-0.25, -0.2) is 9.97 Å². The van der Waals surface area contributed by atoms with Crippen LogP contribution < -0.4 is 4.90 Å². The van der Waals surface area contributed by atoms with E-state index in [1.165, 1.54) is 0 Å². The van der Waals surface area contributed by atoms with Crippen molar-refractivity contribution >= 4 is 23.5 Å². The summed E-state index contributed by atoms with van der Waals surface area (Å²) >= 11 is 6.11. The van der Waals surface area contributed by atoms with Crippen LogP contribution in [0.2, 0.25) is 5.02 Å². The number of carbonyl (C=O) groups excluding carboxylic acids is 1. The molecular weight excluding hydrogens is 436 g/mol. The Bertz CT molecular complexity index is 1150. The van der Waals surface area contributed by atoms with Gasteiger partial charge in [-0.3, -0.25) is 9.48 Å². The highest BCUT2D eigenvalue weighted by Gasteiger charge is 2.29. The molecule has 7 nitrogen and oxygen atoms in total. The first kappa shape index (κ1) is 23.2. The highest BCUT2D eigenvalue weighted by atomic mass is 35.5. The second-order valence-corrected chi connectivity index (χ2v) is 9.44. The molecule has 1 aromatic carbocycles. The molecule has 0 N–H and O–H groups in total. The number of carbonyl (C=O) groups is 1. The highest BCUT2D eigenvalue weighted by molar-refractivity contribution is 6.30. The molecule has 4 rings (SSSR count). The average Bonchev–Trinajstić information content (AvgIpc) is 3.05. The maximum Gasteiger partial charge on any atom is 0.244 e. The van der Waals surface area contributed by atoms with Crippen LogP contribution in [0.4, 0.5) is 5.95 Å². The van der Waals surface area contributed by atoms with Crippen LogP contribution in [-0.4, -0.2) is 57.7 Å². The molecule has 3 aromatic rings. The van der Waals surface area contributed by atoms with Gasteiger partial charge in [-0.05, 0) is 56.9 Å². The SMILES string of the molecule is Cc1nn(CC(=O)N2CCCC(c3nc(N(C)C)ncc3-c3ccc(Cl)cc3)C2)c(C)c1C. The predicted molar refractivity (Wildman–Crippen MR) is 132 cm³/mol. The van der Waals surface area contributed by atoms with Crippen LogP contribution in [0.25, 0.3) is 11.1 Å². The summed E-state index contributed by atoms with van der Waals surface area (Å²) in [6.45, 7) is 7.71. The molecule has 1 fully saturated rings. The quantitative estimate of drug-likeness (QED) is 0.557. The molecule has 1 unspecified atom stereocenters. The summed E-state index contributed by atoms with van der Waals surface area (Å²) in [6, 6.07) is 7.76. The molecule has 0 spiro atoms. The number of aromatic nitrogens is 4. The molecule has 2 aromatic heterocycles. The van der Waals surface area contributed by atoms with E-state index in [9.17, 15) is 4.79 Å². The van der Waals surface area contributed by atoms with E-state index in [1.807, 2.05) is 79.8 Å². The van der Waals surface area contributed by atoms with Gasteiger partial charge in [0.25, 0.3) is 0 Å². The summed E-state index contributed by atoms with van der Waals surface area (Å²) in [5.41, 5.74) is 6.17. The molecule has 3 heterocycles. The average molecular weight is 467 g/mol. The number of likely N-dealkylation sites (tertiary alicyclic amines) is 1. The Balaban J connectivity index is 1.61. The number of nitrogens with zero attached hydrogens (tertiary/aromatic N) is 6. The van der Waals surface area contributed by atoms with E-state index in [-0.39, 0.29) is 18.4 Å². The molecule has 33 heavy (non-hydrogen) atoms. The van der Waals surface area contributed by atoms with Crippen LogP contribution in [0.5, 0.6) is 0 Å². The first-order chi connectivity index (χ1) is 15.7. The zero-order valence-electron chi connectivity index (χ0n) is 20.0. The van der Waals surface area contributed by atoms with Crippen molar-refractivity contribution in [3.63, 3.8) is 0 Å². The number of rotatable bonds is 5. The van der Waals surface area contributed by atoms with Crippen LogP contribution in [0, 0.1) is 20.8 Å².